The molecule has 140 valence electrons. The van der Waals surface area contributed by atoms with Crippen molar-refractivity contribution in [3.63, 3.8) is 0 Å². The zero-order valence-corrected chi connectivity index (χ0v) is 15.4. The van der Waals surface area contributed by atoms with Gasteiger partial charge >= 0.3 is 5.97 Å². The summed E-state index contributed by atoms with van der Waals surface area (Å²) in [6.07, 6.45) is 0. The van der Waals surface area contributed by atoms with Gasteiger partial charge in [-0.05, 0) is 47.0 Å². The first-order valence-electron chi connectivity index (χ1n) is 9.32. The molecular formula is C23H19NO4. The molecule has 0 unspecified atom stereocenters. The summed E-state index contributed by atoms with van der Waals surface area (Å²) in [5.74, 6) is -0.112. The number of phenols is 1. The van der Waals surface area contributed by atoms with E-state index in [-0.39, 0.29) is 24.2 Å². The van der Waals surface area contributed by atoms with E-state index in [1.807, 2.05) is 37.3 Å². The third kappa shape index (κ3) is 2.43. The minimum atomic E-state index is -0.308. The summed E-state index contributed by atoms with van der Waals surface area (Å²) in [7, 11) is 0. The summed E-state index contributed by atoms with van der Waals surface area (Å²) in [5, 5.41) is 15.7. The number of benzene rings is 3. The molecule has 2 heterocycles. The average Bonchev–Trinajstić information content (AvgIpc) is 3.08. The molecule has 2 aliphatic heterocycles. The number of hydrogen-bond acceptors (Lipinski definition) is 5. The maximum Gasteiger partial charge on any atom is 0.337 e. The number of fused-ring (bicyclic) bond motifs is 3. The van der Waals surface area contributed by atoms with Gasteiger partial charge in [-0.15, -0.1) is 0 Å². The van der Waals surface area contributed by atoms with Gasteiger partial charge in [-0.3, -0.25) is 0 Å². The summed E-state index contributed by atoms with van der Waals surface area (Å²) in [4.78, 5) is 12.6. The van der Waals surface area contributed by atoms with Gasteiger partial charge < -0.3 is 19.9 Å². The zero-order valence-electron chi connectivity index (χ0n) is 15.4. The minimum absolute atomic E-state index is 0.0841. The summed E-state index contributed by atoms with van der Waals surface area (Å²) in [6.45, 7) is 2.56. The van der Waals surface area contributed by atoms with E-state index in [2.05, 4.69) is 23.5 Å². The van der Waals surface area contributed by atoms with Crippen molar-refractivity contribution < 1.29 is 19.4 Å². The van der Waals surface area contributed by atoms with Crippen LogP contribution in [0.2, 0.25) is 0 Å². The molecule has 0 radical (unpaired) electrons. The van der Waals surface area contributed by atoms with Crippen molar-refractivity contribution in [2.24, 2.45) is 0 Å². The molecule has 5 heteroatoms. The topological polar surface area (TPSA) is 67.8 Å². The first kappa shape index (κ1) is 16.7. The van der Waals surface area contributed by atoms with Gasteiger partial charge in [-0.2, -0.15) is 0 Å². The number of ether oxygens (including phenoxy) is 2. The Labute approximate surface area is 162 Å². The smallest absolute Gasteiger partial charge is 0.337 e. The molecule has 0 aliphatic carbocycles. The summed E-state index contributed by atoms with van der Waals surface area (Å²) < 4.78 is 10.9. The van der Waals surface area contributed by atoms with Crippen molar-refractivity contribution in [1.82, 2.24) is 0 Å². The van der Waals surface area contributed by atoms with Gasteiger partial charge in [0.2, 0.25) is 0 Å². The number of cyclic esters (lactones) is 1. The lowest BCUT2D eigenvalue weighted by atomic mass is 9.79. The number of nitrogens with one attached hydrogen (secondary N) is 1. The van der Waals surface area contributed by atoms with Crippen LogP contribution < -0.4 is 10.1 Å². The van der Waals surface area contributed by atoms with Gasteiger partial charge in [0.1, 0.15) is 6.61 Å². The Balaban J connectivity index is 1.79. The lowest BCUT2D eigenvalue weighted by molar-refractivity contribution is -0.136. The number of carbonyl (C=O) groups excluding carboxylic acids is 1. The van der Waals surface area contributed by atoms with E-state index in [1.54, 1.807) is 6.07 Å². The second kappa shape index (κ2) is 6.30. The normalized spacial score (nSPS) is 17.8. The van der Waals surface area contributed by atoms with Crippen LogP contribution in [0.15, 0.2) is 65.9 Å². The van der Waals surface area contributed by atoms with Crippen molar-refractivity contribution in [2.45, 2.75) is 12.8 Å². The minimum Gasteiger partial charge on any atom is -0.504 e. The Bertz CT molecular complexity index is 1150. The van der Waals surface area contributed by atoms with Crippen molar-refractivity contribution in [3.05, 3.63) is 77.0 Å². The molecular weight excluding hydrogens is 354 g/mol. The van der Waals surface area contributed by atoms with Crippen LogP contribution in [0, 0.1) is 0 Å². The molecule has 2 aliphatic rings. The predicted molar refractivity (Wildman–Crippen MR) is 107 cm³/mol. The second-order valence-electron chi connectivity index (χ2n) is 6.93. The van der Waals surface area contributed by atoms with E-state index in [9.17, 15) is 9.90 Å². The molecule has 0 fully saturated rings. The highest BCUT2D eigenvalue weighted by molar-refractivity contribution is 6.01. The van der Waals surface area contributed by atoms with E-state index in [0.717, 1.165) is 33.3 Å². The number of carbonyl (C=O) groups is 1. The summed E-state index contributed by atoms with van der Waals surface area (Å²) in [6, 6.07) is 17.5. The Kier molecular flexibility index (Phi) is 3.76. The van der Waals surface area contributed by atoms with Crippen LogP contribution in [0.1, 0.15) is 24.0 Å². The van der Waals surface area contributed by atoms with Crippen LogP contribution in [-0.2, 0) is 9.53 Å². The van der Waals surface area contributed by atoms with Gasteiger partial charge in [-0.25, -0.2) is 4.79 Å². The number of anilines is 1. The maximum atomic E-state index is 12.6. The standard InChI is InChI=1S/C23H19NO4/c1-2-27-19-11-14(8-10-18(19)25)20-21-15-6-4-3-5-13(15)7-9-16(21)24-17-12-28-23(26)22(17)20/h3-11,20,24-25H,2,12H2,1H3/t20-/m0/s1. The molecule has 28 heavy (non-hydrogen) atoms. The lowest BCUT2D eigenvalue weighted by Crippen LogP contribution is -2.20. The van der Waals surface area contributed by atoms with Gasteiger partial charge in [0.15, 0.2) is 11.5 Å². The molecule has 5 rings (SSSR count). The van der Waals surface area contributed by atoms with Gasteiger partial charge in [0.05, 0.1) is 17.9 Å². The summed E-state index contributed by atoms with van der Waals surface area (Å²) >= 11 is 0. The third-order valence-electron chi connectivity index (χ3n) is 5.34. The molecule has 0 saturated carbocycles. The van der Waals surface area contributed by atoms with E-state index >= 15 is 0 Å². The zero-order chi connectivity index (χ0) is 19.3. The van der Waals surface area contributed by atoms with Gasteiger partial charge in [-0.1, -0.05) is 36.4 Å². The fourth-order valence-corrected chi connectivity index (χ4v) is 4.15. The van der Waals surface area contributed by atoms with Crippen molar-refractivity contribution >= 4 is 22.4 Å². The first-order valence-corrected chi connectivity index (χ1v) is 9.32. The lowest BCUT2D eigenvalue weighted by Gasteiger charge is -2.29. The van der Waals surface area contributed by atoms with Crippen LogP contribution in [0.25, 0.3) is 10.8 Å². The van der Waals surface area contributed by atoms with Gasteiger partial charge in [0.25, 0.3) is 0 Å². The molecule has 0 aromatic heterocycles. The highest BCUT2D eigenvalue weighted by Gasteiger charge is 2.39. The van der Waals surface area contributed by atoms with Crippen molar-refractivity contribution in [1.29, 1.82) is 0 Å². The number of rotatable bonds is 3. The molecule has 0 bridgehead atoms. The number of aromatic hydroxyl groups is 1. The monoisotopic (exact) mass is 373 g/mol. The Morgan fingerprint density at radius 1 is 1.18 bits per heavy atom. The van der Waals surface area contributed by atoms with Crippen LogP contribution in [0.5, 0.6) is 11.5 Å². The van der Waals surface area contributed by atoms with Gasteiger partial charge in [0, 0.05) is 11.6 Å². The Morgan fingerprint density at radius 2 is 2.04 bits per heavy atom. The van der Waals surface area contributed by atoms with E-state index in [4.69, 9.17) is 9.47 Å². The maximum absolute atomic E-state index is 12.6. The fraction of sp³-hybridized carbons (Fsp3) is 0.174. The third-order valence-corrected chi connectivity index (χ3v) is 5.34. The highest BCUT2D eigenvalue weighted by Crippen LogP contribution is 2.48. The molecule has 0 amide bonds. The molecule has 3 aromatic carbocycles. The van der Waals surface area contributed by atoms with Crippen LogP contribution in [-0.4, -0.2) is 24.3 Å². The number of phenolic OH excluding ortho intramolecular Hbond substituents is 1. The molecule has 0 spiro atoms. The summed E-state index contributed by atoms with van der Waals surface area (Å²) in [5.41, 5.74) is 4.29. The quantitative estimate of drug-likeness (QED) is 0.670. The van der Waals surface area contributed by atoms with E-state index in [1.165, 1.54) is 0 Å². The fourth-order valence-electron chi connectivity index (χ4n) is 4.15. The SMILES string of the molecule is CCOc1cc([C@@H]2C3=C(COC3=O)Nc3ccc4ccccc4c32)ccc1O. The van der Waals surface area contributed by atoms with Crippen molar-refractivity contribution in [3.8, 4) is 11.5 Å². The molecule has 3 aromatic rings. The molecule has 5 nitrogen and oxygen atoms in total. The Hall–Kier alpha value is -3.47. The number of hydrogen-bond donors (Lipinski definition) is 2. The van der Waals surface area contributed by atoms with Crippen molar-refractivity contribution in [2.75, 3.05) is 18.5 Å². The first-order chi connectivity index (χ1) is 13.7. The van der Waals surface area contributed by atoms with E-state index < -0.39 is 0 Å². The predicted octanol–water partition coefficient (Wildman–Crippen LogP) is 4.31. The number of esters is 1. The van der Waals surface area contributed by atoms with E-state index in [0.29, 0.717) is 17.9 Å². The molecule has 1 atom stereocenters. The Morgan fingerprint density at radius 3 is 2.89 bits per heavy atom. The highest BCUT2D eigenvalue weighted by atomic mass is 16.5. The molecule has 0 saturated heterocycles. The largest absolute Gasteiger partial charge is 0.504 e. The van der Waals surface area contributed by atoms with Crippen LogP contribution in [0.4, 0.5) is 5.69 Å². The average molecular weight is 373 g/mol. The molecule has 2 N–H and O–H groups in total. The van der Waals surface area contributed by atoms with Crippen LogP contribution >= 0.6 is 0 Å². The van der Waals surface area contributed by atoms with Crippen LogP contribution in [0.3, 0.4) is 0 Å². The second-order valence-corrected chi connectivity index (χ2v) is 6.93.